The molecule has 96 valence electrons. The SMILES string of the molecule is C#C[C@@H](CCCOCc1ccccc1)CC(=O)O. The Kier molecular flexibility index (Phi) is 6.60. The molecule has 0 amide bonds. The maximum Gasteiger partial charge on any atom is 0.304 e. The summed E-state index contributed by atoms with van der Waals surface area (Å²) in [6.07, 6.45) is 6.79. The highest BCUT2D eigenvalue weighted by molar-refractivity contribution is 5.67. The molecule has 1 rings (SSSR count). The molecule has 0 aliphatic heterocycles. The van der Waals surface area contributed by atoms with Crippen LogP contribution in [-0.2, 0) is 16.1 Å². The molecule has 18 heavy (non-hydrogen) atoms. The van der Waals surface area contributed by atoms with Crippen LogP contribution in [0.15, 0.2) is 30.3 Å². The van der Waals surface area contributed by atoms with Gasteiger partial charge in [0.15, 0.2) is 0 Å². The zero-order valence-corrected chi connectivity index (χ0v) is 10.3. The lowest BCUT2D eigenvalue weighted by Gasteiger charge is -2.08. The third kappa shape index (κ3) is 6.07. The van der Waals surface area contributed by atoms with Crippen molar-refractivity contribution in [1.29, 1.82) is 0 Å². The van der Waals surface area contributed by atoms with Crippen molar-refractivity contribution in [3.63, 3.8) is 0 Å². The Morgan fingerprint density at radius 1 is 1.39 bits per heavy atom. The van der Waals surface area contributed by atoms with Crippen molar-refractivity contribution in [2.45, 2.75) is 25.9 Å². The first-order chi connectivity index (χ1) is 8.72. The molecule has 0 fully saturated rings. The number of carboxylic acids is 1. The van der Waals surface area contributed by atoms with Gasteiger partial charge in [0.05, 0.1) is 13.0 Å². The standard InChI is InChI=1S/C15H18O3/c1-2-13(11-15(16)17)9-6-10-18-12-14-7-4-3-5-8-14/h1,3-5,7-8,13H,6,9-12H2,(H,16,17)/t13-/m0/s1. The van der Waals surface area contributed by atoms with Gasteiger partial charge in [-0.05, 0) is 18.4 Å². The van der Waals surface area contributed by atoms with Crippen molar-refractivity contribution in [2.75, 3.05) is 6.61 Å². The number of rotatable bonds is 8. The lowest BCUT2D eigenvalue weighted by atomic mass is 10.0. The highest BCUT2D eigenvalue weighted by atomic mass is 16.5. The molecule has 0 aliphatic rings. The second-order valence-electron chi connectivity index (χ2n) is 4.14. The number of benzene rings is 1. The Morgan fingerprint density at radius 3 is 2.72 bits per heavy atom. The predicted octanol–water partition coefficient (Wildman–Crippen LogP) is 2.71. The van der Waals surface area contributed by atoms with E-state index in [4.69, 9.17) is 16.3 Å². The summed E-state index contributed by atoms with van der Waals surface area (Å²) in [5.41, 5.74) is 1.14. The third-order valence-corrected chi connectivity index (χ3v) is 2.61. The summed E-state index contributed by atoms with van der Waals surface area (Å²) >= 11 is 0. The number of terminal acetylenes is 1. The fourth-order valence-electron chi connectivity index (χ4n) is 1.65. The van der Waals surface area contributed by atoms with Crippen molar-refractivity contribution < 1.29 is 14.6 Å². The molecular weight excluding hydrogens is 228 g/mol. The zero-order chi connectivity index (χ0) is 13.2. The van der Waals surface area contributed by atoms with Crippen LogP contribution in [0.4, 0.5) is 0 Å². The van der Waals surface area contributed by atoms with Crippen LogP contribution < -0.4 is 0 Å². The van der Waals surface area contributed by atoms with Crippen molar-refractivity contribution in [2.24, 2.45) is 5.92 Å². The Labute approximate surface area is 108 Å². The van der Waals surface area contributed by atoms with E-state index >= 15 is 0 Å². The molecule has 1 aromatic carbocycles. The van der Waals surface area contributed by atoms with Gasteiger partial charge in [-0.1, -0.05) is 30.3 Å². The maximum absolute atomic E-state index is 10.5. The van der Waals surface area contributed by atoms with Gasteiger partial charge in [0.25, 0.3) is 0 Å². The summed E-state index contributed by atoms with van der Waals surface area (Å²) in [5, 5.41) is 8.64. The summed E-state index contributed by atoms with van der Waals surface area (Å²) in [4.78, 5) is 10.5. The van der Waals surface area contributed by atoms with E-state index in [1.54, 1.807) is 0 Å². The second-order valence-corrected chi connectivity index (χ2v) is 4.14. The van der Waals surface area contributed by atoms with Crippen LogP contribution in [0.3, 0.4) is 0 Å². The molecule has 1 atom stereocenters. The molecule has 0 saturated carbocycles. The van der Waals surface area contributed by atoms with Gasteiger partial charge < -0.3 is 9.84 Å². The van der Waals surface area contributed by atoms with E-state index in [1.165, 1.54) is 0 Å². The average molecular weight is 246 g/mol. The molecular formula is C15H18O3. The van der Waals surface area contributed by atoms with E-state index in [2.05, 4.69) is 5.92 Å². The molecule has 0 saturated heterocycles. The van der Waals surface area contributed by atoms with Gasteiger partial charge in [-0.25, -0.2) is 0 Å². The van der Waals surface area contributed by atoms with Crippen LogP contribution in [0.1, 0.15) is 24.8 Å². The first kappa shape index (κ1) is 14.3. The van der Waals surface area contributed by atoms with Crippen molar-refractivity contribution in [3.8, 4) is 12.3 Å². The number of carbonyl (C=O) groups is 1. The van der Waals surface area contributed by atoms with E-state index < -0.39 is 5.97 Å². The van der Waals surface area contributed by atoms with Crippen molar-refractivity contribution in [1.82, 2.24) is 0 Å². The van der Waals surface area contributed by atoms with E-state index in [1.807, 2.05) is 30.3 Å². The lowest BCUT2D eigenvalue weighted by molar-refractivity contribution is -0.137. The minimum Gasteiger partial charge on any atom is -0.481 e. The van der Waals surface area contributed by atoms with E-state index in [9.17, 15) is 4.79 Å². The third-order valence-electron chi connectivity index (χ3n) is 2.61. The van der Waals surface area contributed by atoms with Crippen molar-refractivity contribution >= 4 is 5.97 Å². The predicted molar refractivity (Wildman–Crippen MR) is 69.9 cm³/mol. The van der Waals surface area contributed by atoms with Gasteiger partial charge in [-0.2, -0.15) is 0 Å². The van der Waals surface area contributed by atoms with Gasteiger partial charge in [-0.3, -0.25) is 4.79 Å². The highest BCUT2D eigenvalue weighted by Gasteiger charge is 2.09. The Morgan fingerprint density at radius 2 is 2.11 bits per heavy atom. The number of hydrogen-bond donors (Lipinski definition) is 1. The van der Waals surface area contributed by atoms with Crippen LogP contribution in [-0.4, -0.2) is 17.7 Å². The van der Waals surface area contributed by atoms with E-state index in [-0.39, 0.29) is 12.3 Å². The van der Waals surface area contributed by atoms with Crippen LogP contribution in [0.5, 0.6) is 0 Å². The largest absolute Gasteiger partial charge is 0.481 e. The molecule has 0 unspecified atom stereocenters. The molecule has 0 bridgehead atoms. The fraction of sp³-hybridized carbons (Fsp3) is 0.400. The molecule has 3 heteroatoms. The topological polar surface area (TPSA) is 46.5 Å². The monoisotopic (exact) mass is 246 g/mol. The van der Waals surface area contributed by atoms with Crippen LogP contribution in [0.25, 0.3) is 0 Å². The number of hydrogen-bond acceptors (Lipinski definition) is 2. The van der Waals surface area contributed by atoms with Crippen LogP contribution in [0.2, 0.25) is 0 Å². The molecule has 1 aromatic rings. The normalized spacial score (nSPS) is 11.7. The number of carboxylic acid groups (broad SMARTS) is 1. The maximum atomic E-state index is 10.5. The van der Waals surface area contributed by atoms with Gasteiger partial charge in [0.1, 0.15) is 0 Å². The molecule has 3 nitrogen and oxygen atoms in total. The van der Waals surface area contributed by atoms with Crippen LogP contribution >= 0.6 is 0 Å². The van der Waals surface area contributed by atoms with Crippen molar-refractivity contribution in [3.05, 3.63) is 35.9 Å². The fourth-order valence-corrected chi connectivity index (χ4v) is 1.65. The Bertz CT molecular complexity index is 392. The van der Waals surface area contributed by atoms with E-state index in [0.717, 1.165) is 12.0 Å². The first-order valence-corrected chi connectivity index (χ1v) is 6.02. The number of ether oxygens (including phenoxy) is 1. The summed E-state index contributed by atoms with van der Waals surface area (Å²) in [6.45, 7) is 1.19. The van der Waals surface area contributed by atoms with Gasteiger partial charge in [0, 0.05) is 12.5 Å². The molecule has 0 aliphatic carbocycles. The summed E-state index contributed by atoms with van der Waals surface area (Å²) in [7, 11) is 0. The van der Waals surface area contributed by atoms with Gasteiger partial charge in [-0.15, -0.1) is 12.3 Å². The minimum absolute atomic E-state index is 0.0369. The minimum atomic E-state index is -0.844. The summed E-state index contributed by atoms with van der Waals surface area (Å²) in [5.74, 6) is 1.47. The Hall–Kier alpha value is -1.79. The molecule has 0 radical (unpaired) electrons. The van der Waals surface area contributed by atoms with Gasteiger partial charge >= 0.3 is 5.97 Å². The highest BCUT2D eigenvalue weighted by Crippen LogP contribution is 2.10. The average Bonchev–Trinajstić information content (AvgIpc) is 2.37. The molecule has 0 aromatic heterocycles. The first-order valence-electron chi connectivity index (χ1n) is 6.02. The summed E-state index contributed by atoms with van der Waals surface area (Å²) < 4.78 is 5.50. The smallest absolute Gasteiger partial charge is 0.304 e. The quantitative estimate of drug-likeness (QED) is 0.566. The van der Waals surface area contributed by atoms with Crippen LogP contribution in [0, 0.1) is 18.3 Å². The Balaban J connectivity index is 2.11. The molecule has 1 N–H and O–H groups in total. The lowest BCUT2D eigenvalue weighted by Crippen LogP contribution is -2.07. The number of aliphatic carboxylic acids is 1. The molecule has 0 heterocycles. The molecule has 0 spiro atoms. The van der Waals surface area contributed by atoms with Gasteiger partial charge in [0.2, 0.25) is 0 Å². The van der Waals surface area contributed by atoms with E-state index in [0.29, 0.717) is 19.6 Å². The zero-order valence-electron chi connectivity index (χ0n) is 10.3. The second kappa shape index (κ2) is 8.32. The summed E-state index contributed by atoms with van der Waals surface area (Å²) in [6, 6.07) is 9.93.